The largest absolute Gasteiger partial charge is 0.383 e. The van der Waals surface area contributed by atoms with E-state index in [0.29, 0.717) is 26.2 Å². The average Bonchev–Trinajstić information content (AvgIpc) is 3.47. The van der Waals surface area contributed by atoms with Gasteiger partial charge in [0, 0.05) is 36.2 Å². The lowest BCUT2D eigenvalue weighted by Gasteiger charge is -2.29. The summed E-state index contributed by atoms with van der Waals surface area (Å²) < 4.78 is 7.03. The molecule has 0 spiro atoms. The number of pyridine rings is 1. The summed E-state index contributed by atoms with van der Waals surface area (Å²) >= 11 is 1.71. The van der Waals surface area contributed by atoms with Crippen LogP contribution in [0.5, 0.6) is 0 Å². The predicted octanol–water partition coefficient (Wildman–Crippen LogP) is 3.99. The highest BCUT2D eigenvalue weighted by molar-refractivity contribution is 7.09. The molecule has 174 valence electrons. The topological polar surface area (TPSA) is 88.9 Å². The molecule has 0 saturated heterocycles. The number of H-pyrrole nitrogens is 1. The Morgan fingerprint density at radius 3 is 2.76 bits per heavy atom. The van der Waals surface area contributed by atoms with E-state index >= 15 is 0 Å². The molecular weight excluding hydrogens is 436 g/mol. The number of benzene rings is 1. The van der Waals surface area contributed by atoms with Crippen LogP contribution in [0.3, 0.4) is 0 Å². The van der Waals surface area contributed by atoms with E-state index in [0.717, 1.165) is 28.7 Å². The van der Waals surface area contributed by atoms with Gasteiger partial charge in [0.15, 0.2) is 5.82 Å². The van der Waals surface area contributed by atoms with Gasteiger partial charge in [-0.1, -0.05) is 13.0 Å². The van der Waals surface area contributed by atoms with E-state index in [-0.39, 0.29) is 11.6 Å². The first-order valence-electron chi connectivity index (χ1n) is 11.1. The number of nitrogens with one attached hydrogen (secondary N) is 1. The van der Waals surface area contributed by atoms with E-state index in [2.05, 4.69) is 69.8 Å². The molecule has 4 aromatic rings. The fraction of sp³-hybridized carbons (Fsp3) is 0.417. The number of rotatable bonds is 10. The number of ether oxygens (including phenoxy) is 1. The average molecular weight is 467 g/mol. The number of tetrazole rings is 1. The molecule has 8 nitrogen and oxygen atoms in total. The molecule has 0 aliphatic heterocycles. The Morgan fingerprint density at radius 2 is 2.03 bits per heavy atom. The van der Waals surface area contributed by atoms with Crippen LogP contribution in [-0.4, -0.2) is 43.8 Å². The third-order valence-electron chi connectivity index (χ3n) is 6.04. The third-order valence-corrected chi connectivity index (χ3v) is 6.90. The molecule has 1 aromatic carbocycles. The SMILES string of the molecule is CC[C@H](c1nnnn1CCOC)N(Cc1cccs1)Cc1cc2cc(C)c(C)cc2[nH]c1=O. The van der Waals surface area contributed by atoms with Gasteiger partial charge in [0.05, 0.1) is 19.2 Å². The molecule has 0 bridgehead atoms. The van der Waals surface area contributed by atoms with Gasteiger partial charge in [-0.05, 0) is 76.9 Å². The summed E-state index contributed by atoms with van der Waals surface area (Å²) in [5.74, 6) is 0.787. The van der Waals surface area contributed by atoms with Crippen molar-refractivity contribution >= 4 is 22.2 Å². The molecule has 1 atom stereocenters. The molecule has 0 amide bonds. The summed E-state index contributed by atoms with van der Waals surface area (Å²) in [6.07, 6.45) is 0.808. The van der Waals surface area contributed by atoms with Crippen molar-refractivity contribution < 1.29 is 4.74 Å². The highest BCUT2D eigenvalue weighted by Crippen LogP contribution is 2.28. The molecule has 3 heterocycles. The number of hydrogen-bond acceptors (Lipinski definition) is 7. The number of nitrogens with zero attached hydrogens (tertiary/aromatic N) is 5. The van der Waals surface area contributed by atoms with Crippen molar-refractivity contribution in [3.8, 4) is 0 Å². The van der Waals surface area contributed by atoms with Crippen LogP contribution in [0.4, 0.5) is 0 Å². The van der Waals surface area contributed by atoms with Gasteiger partial charge in [-0.15, -0.1) is 16.4 Å². The van der Waals surface area contributed by atoms with Crippen LogP contribution in [0.15, 0.2) is 40.5 Å². The van der Waals surface area contributed by atoms with Crippen molar-refractivity contribution in [3.63, 3.8) is 0 Å². The Balaban J connectivity index is 1.72. The van der Waals surface area contributed by atoms with Crippen molar-refractivity contribution in [1.82, 2.24) is 30.1 Å². The Bertz CT molecular complexity index is 1260. The first-order chi connectivity index (χ1) is 16.0. The molecule has 33 heavy (non-hydrogen) atoms. The first-order valence-corrected chi connectivity index (χ1v) is 12.0. The van der Waals surface area contributed by atoms with Crippen LogP contribution in [-0.2, 0) is 24.4 Å². The van der Waals surface area contributed by atoms with Crippen molar-refractivity contribution in [2.45, 2.75) is 52.9 Å². The zero-order valence-corrected chi connectivity index (χ0v) is 20.4. The number of aryl methyl sites for hydroxylation is 2. The van der Waals surface area contributed by atoms with Gasteiger partial charge in [-0.2, -0.15) is 0 Å². The van der Waals surface area contributed by atoms with Gasteiger partial charge in [-0.25, -0.2) is 4.68 Å². The molecule has 0 fully saturated rings. The highest BCUT2D eigenvalue weighted by atomic mass is 32.1. The van der Waals surface area contributed by atoms with E-state index in [4.69, 9.17) is 4.74 Å². The smallest absolute Gasteiger partial charge is 0.252 e. The summed E-state index contributed by atoms with van der Waals surface area (Å²) in [6.45, 7) is 8.58. The van der Waals surface area contributed by atoms with Gasteiger partial charge < -0.3 is 9.72 Å². The molecule has 9 heteroatoms. The second-order valence-electron chi connectivity index (χ2n) is 8.31. The van der Waals surface area contributed by atoms with Crippen LogP contribution >= 0.6 is 11.3 Å². The van der Waals surface area contributed by atoms with Crippen LogP contribution in [0.25, 0.3) is 10.9 Å². The standard InChI is InChI=1S/C24H30N6O2S/c1-5-22(23-26-27-28-30(23)8-9-32-4)29(15-20-7-6-10-33-20)14-19-13-18-11-16(2)17(3)12-21(18)25-24(19)31/h6-7,10-13,22H,5,8-9,14-15H2,1-4H3,(H,25,31)/t22-/m1/s1. The monoisotopic (exact) mass is 466 g/mol. The maximum absolute atomic E-state index is 13.0. The van der Waals surface area contributed by atoms with Crippen LogP contribution in [0.2, 0.25) is 0 Å². The van der Waals surface area contributed by atoms with Crippen LogP contribution in [0.1, 0.15) is 46.8 Å². The number of aromatic nitrogens is 5. The Hall–Kier alpha value is -2.88. The Morgan fingerprint density at radius 1 is 1.21 bits per heavy atom. The second kappa shape index (κ2) is 10.4. The van der Waals surface area contributed by atoms with Crippen molar-refractivity contribution in [2.75, 3.05) is 13.7 Å². The molecule has 0 radical (unpaired) electrons. The Labute approximate surface area is 197 Å². The molecule has 1 N–H and O–H groups in total. The fourth-order valence-corrected chi connectivity index (χ4v) is 4.86. The van der Waals surface area contributed by atoms with E-state index in [1.54, 1.807) is 23.1 Å². The molecule has 3 aromatic heterocycles. The second-order valence-corrected chi connectivity index (χ2v) is 9.34. The number of fused-ring (bicyclic) bond motifs is 1. The van der Waals surface area contributed by atoms with E-state index < -0.39 is 0 Å². The quantitative estimate of drug-likeness (QED) is 0.380. The number of aromatic amines is 1. The normalized spacial score (nSPS) is 12.6. The van der Waals surface area contributed by atoms with Crippen LogP contribution in [0, 0.1) is 13.8 Å². The molecule has 0 aliphatic rings. The maximum Gasteiger partial charge on any atom is 0.252 e. The highest BCUT2D eigenvalue weighted by Gasteiger charge is 2.26. The lowest BCUT2D eigenvalue weighted by molar-refractivity contribution is 0.152. The molecule has 0 unspecified atom stereocenters. The van der Waals surface area contributed by atoms with Gasteiger partial charge >= 0.3 is 0 Å². The maximum atomic E-state index is 13.0. The number of thiophene rings is 1. The number of methoxy groups -OCH3 is 1. The molecule has 4 rings (SSSR count). The summed E-state index contributed by atoms with van der Waals surface area (Å²) in [6, 6.07) is 10.3. The van der Waals surface area contributed by atoms with Crippen molar-refractivity contribution in [3.05, 3.63) is 73.5 Å². The minimum absolute atomic E-state index is 0.0474. The molecule has 0 aliphatic carbocycles. The van der Waals surface area contributed by atoms with E-state index in [1.807, 2.05) is 12.1 Å². The summed E-state index contributed by atoms with van der Waals surface area (Å²) in [4.78, 5) is 19.6. The fourth-order valence-electron chi connectivity index (χ4n) is 4.13. The molecule has 0 saturated carbocycles. The summed E-state index contributed by atoms with van der Waals surface area (Å²) in [5, 5.41) is 15.6. The van der Waals surface area contributed by atoms with Crippen LogP contribution < -0.4 is 5.56 Å². The molecular formula is C24H30N6O2S. The zero-order valence-electron chi connectivity index (χ0n) is 19.5. The zero-order chi connectivity index (χ0) is 23.4. The minimum Gasteiger partial charge on any atom is -0.383 e. The lowest BCUT2D eigenvalue weighted by Crippen LogP contribution is -2.32. The summed E-state index contributed by atoms with van der Waals surface area (Å²) in [5.41, 5.74) is 3.92. The van der Waals surface area contributed by atoms with Gasteiger partial charge in [0.2, 0.25) is 0 Å². The predicted molar refractivity (Wildman–Crippen MR) is 130 cm³/mol. The van der Waals surface area contributed by atoms with Gasteiger partial charge in [0.25, 0.3) is 5.56 Å². The first kappa shape index (κ1) is 23.3. The van der Waals surface area contributed by atoms with E-state index in [1.165, 1.54) is 16.0 Å². The summed E-state index contributed by atoms with van der Waals surface area (Å²) in [7, 11) is 1.67. The third kappa shape index (κ3) is 5.21. The van der Waals surface area contributed by atoms with E-state index in [9.17, 15) is 4.79 Å². The van der Waals surface area contributed by atoms with Crippen molar-refractivity contribution in [1.29, 1.82) is 0 Å². The number of hydrogen-bond donors (Lipinski definition) is 1. The van der Waals surface area contributed by atoms with Gasteiger partial charge in [0.1, 0.15) is 0 Å². The lowest BCUT2D eigenvalue weighted by atomic mass is 10.0. The van der Waals surface area contributed by atoms with Gasteiger partial charge in [-0.3, -0.25) is 9.69 Å². The Kier molecular flexibility index (Phi) is 7.32. The van der Waals surface area contributed by atoms with Crippen molar-refractivity contribution in [2.24, 2.45) is 0 Å². The minimum atomic E-state index is -0.0595.